The molecule has 1 amide bonds. The Bertz CT molecular complexity index is 303. The van der Waals surface area contributed by atoms with Gasteiger partial charge in [-0.3, -0.25) is 14.7 Å². The first-order valence-corrected chi connectivity index (χ1v) is 4.71. The van der Waals surface area contributed by atoms with Gasteiger partial charge >= 0.3 is 0 Å². The number of nitrogens with one attached hydrogen (secondary N) is 1. The van der Waals surface area contributed by atoms with Crippen molar-refractivity contribution < 1.29 is 9.90 Å². The second kappa shape index (κ2) is 6.10. The first-order chi connectivity index (χ1) is 7.22. The van der Waals surface area contributed by atoms with Crippen molar-refractivity contribution in [3.63, 3.8) is 0 Å². The van der Waals surface area contributed by atoms with Gasteiger partial charge in [0.1, 0.15) is 0 Å². The zero-order chi connectivity index (χ0) is 11.1. The third-order valence-electron chi connectivity index (χ3n) is 1.86. The summed E-state index contributed by atoms with van der Waals surface area (Å²) >= 11 is 0. The summed E-state index contributed by atoms with van der Waals surface area (Å²) in [5, 5.41) is 11.4. The first kappa shape index (κ1) is 11.6. The molecule has 5 nitrogen and oxygen atoms in total. The van der Waals surface area contributed by atoms with Crippen LogP contribution in [0, 0.1) is 0 Å². The molecule has 0 unspecified atom stereocenters. The zero-order valence-corrected chi connectivity index (χ0v) is 8.68. The highest BCUT2D eigenvalue weighted by Gasteiger charge is 2.05. The number of carbonyl (C=O) groups is 1. The van der Waals surface area contributed by atoms with Crippen molar-refractivity contribution in [2.45, 2.75) is 0 Å². The minimum Gasteiger partial charge on any atom is -0.395 e. The van der Waals surface area contributed by atoms with E-state index in [1.165, 1.54) is 0 Å². The van der Waals surface area contributed by atoms with Crippen LogP contribution in [0.4, 0.5) is 5.69 Å². The second-order valence-electron chi connectivity index (χ2n) is 3.25. The standard InChI is InChI=1S/C10H15N3O2/c1-13(6-7-14)8-10(15)12-9-2-4-11-5-3-9/h2-5,14H,6-8H2,1H3,(H,11,12,15). The van der Waals surface area contributed by atoms with Gasteiger partial charge in [0.15, 0.2) is 0 Å². The van der Waals surface area contributed by atoms with Crippen molar-refractivity contribution >= 4 is 11.6 Å². The molecule has 0 aliphatic rings. The molecule has 15 heavy (non-hydrogen) atoms. The summed E-state index contributed by atoms with van der Waals surface area (Å²) < 4.78 is 0. The number of anilines is 1. The van der Waals surface area contributed by atoms with Crippen LogP contribution >= 0.6 is 0 Å². The summed E-state index contributed by atoms with van der Waals surface area (Å²) in [6.07, 6.45) is 3.24. The van der Waals surface area contributed by atoms with Crippen LogP contribution in [-0.2, 0) is 4.79 Å². The van der Waals surface area contributed by atoms with Crippen LogP contribution in [0.1, 0.15) is 0 Å². The van der Waals surface area contributed by atoms with Gasteiger partial charge in [-0.05, 0) is 19.2 Å². The van der Waals surface area contributed by atoms with E-state index in [4.69, 9.17) is 5.11 Å². The van der Waals surface area contributed by atoms with Crippen molar-refractivity contribution in [2.24, 2.45) is 0 Å². The Balaban J connectivity index is 2.36. The molecule has 0 aliphatic carbocycles. The molecule has 0 aromatic carbocycles. The molecule has 0 fully saturated rings. The number of amides is 1. The Kier molecular flexibility index (Phi) is 4.73. The maximum Gasteiger partial charge on any atom is 0.238 e. The second-order valence-corrected chi connectivity index (χ2v) is 3.25. The molecule has 0 bridgehead atoms. The summed E-state index contributed by atoms with van der Waals surface area (Å²) in [6, 6.07) is 3.45. The molecular formula is C10H15N3O2. The number of hydrogen-bond acceptors (Lipinski definition) is 4. The van der Waals surface area contributed by atoms with Gasteiger partial charge in [-0.2, -0.15) is 0 Å². The molecule has 0 spiro atoms. The minimum atomic E-state index is -0.0999. The van der Waals surface area contributed by atoms with Gasteiger partial charge in [0.2, 0.25) is 5.91 Å². The van der Waals surface area contributed by atoms with E-state index in [0.717, 1.165) is 5.69 Å². The van der Waals surface area contributed by atoms with E-state index < -0.39 is 0 Å². The van der Waals surface area contributed by atoms with E-state index >= 15 is 0 Å². The lowest BCUT2D eigenvalue weighted by Crippen LogP contribution is -2.32. The van der Waals surface area contributed by atoms with Gasteiger partial charge < -0.3 is 10.4 Å². The largest absolute Gasteiger partial charge is 0.395 e. The zero-order valence-electron chi connectivity index (χ0n) is 8.68. The monoisotopic (exact) mass is 209 g/mol. The third-order valence-corrected chi connectivity index (χ3v) is 1.86. The highest BCUT2D eigenvalue weighted by Crippen LogP contribution is 2.02. The van der Waals surface area contributed by atoms with Crippen LogP contribution < -0.4 is 5.32 Å². The van der Waals surface area contributed by atoms with Gasteiger partial charge in [0, 0.05) is 24.6 Å². The van der Waals surface area contributed by atoms with Crippen molar-refractivity contribution in [1.29, 1.82) is 0 Å². The SMILES string of the molecule is CN(CCO)CC(=O)Nc1ccncc1. The van der Waals surface area contributed by atoms with E-state index in [9.17, 15) is 4.79 Å². The summed E-state index contributed by atoms with van der Waals surface area (Å²) in [4.78, 5) is 17.0. The number of nitrogens with zero attached hydrogens (tertiary/aromatic N) is 2. The third kappa shape index (κ3) is 4.53. The van der Waals surface area contributed by atoms with Gasteiger partial charge in [-0.15, -0.1) is 0 Å². The molecule has 0 radical (unpaired) electrons. The molecule has 5 heteroatoms. The lowest BCUT2D eigenvalue weighted by Gasteiger charge is -2.14. The molecule has 1 heterocycles. The van der Waals surface area contributed by atoms with Crippen LogP contribution in [0.2, 0.25) is 0 Å². The maximum absolute atomic E-state index is 11.4. The number of aromatic nitrogens is 1. The summed E-state index contributed by atoms with van der Waals surface area (Å²) in [5.74, 6) is -0.0999. The summed E-state index contributed by atoms with van der Waals surface area (Å²) in [5.41, 5.74) is 0.729. The molecule has 82 valence electrons. The van der Waals surface area contributed by atoms with Crippen LogP contribution in [0.15, 0.2) is 24.5 Å². The van der Waals surface area contributed by atoms with Crippen molar-refractivity contribution in [3.05, 3.63) is 24.5 Å². The fraction of sp³-hybridized carbons (Fsp3) is 0.400. The van der Waals surface area contributed by atoms with Gasteiger partial charge in [0.05, 0.1) is 13.2 Å². The number of aliphatic hydroxyl groups is 1. The van der Waals surface area contributed by atoms with Crippen LogP contribution in [-0.4, -0.2) is 47.6 Å². The van der Waals surface area contributed by atoms with E-state index in [2.05, 4.69) is 10.3 Å². The van der Waals surface area contributed by atoms with Crippen LogP contribution in [0.3, 0.4) is 0 Å². The van der Waals surface area contributed by atoms with Crippen molar-refractivity contribution in [2.75, 3.05) is 32.1 Å². The van der Waals surface area contributed by atoms with Gasteiger partial charge in [-0.1, -0.05) is 0 Å². The fourth-order valence-corrected chi connectivity index (χ4v) is 1.13. The number of aliphatic hydroxyl groups excluding tert-OH is 1. The Morgan fingerprint density at radius 3 is 2.80 bits per heavy atom. The van der Waals surface area contributed by atoms with Crippen LogP contribution in [0.5, 0.6) is 0 Å². The molecule has 0 aliphatic heterocycles. The molecule has 1 aromatic rings. The quantitative estimate of drug-likeness (QED) is 0.713. The normalized spacial score (nSPS) is 10.3. The van der Waals surface area contributed by atoms with Crippen LogP contribution in [0.25, 0.3) is 0 Å². The average Bonchev–Trinajstić information content (AvgIpc) is 2.19. The number of pyridine rings is 1. The highest BCUT2D eigenvalue weighted by atomic mass is 16.3. The topological polar surface area (TPSA) is 65.5 Å². The Hall–Kier alpha value is -1.46. The number of rotatable bonds is 5. The Morgan fingerprint density at radius 1 is 1.53 bits per heavy atom. The fourth-order valence-electron chi connectivity index (χ4n) is 1.13. The molecule has 0 saturated carbocycles. The lowest BCUT2D eigenvalue weighted by atomic mass is 10.4. The van der Waals surface area contributed by atoms with E-state index in [0.29, 0.717) is 6.54 Å². The molecule has 0 saturated heterocycles. The van der Waals surface area contributed by atoms with Crippen molar-refractivity contribution in [3.8, 4) is 0 Å². The predicted octanol–water partition coefficient (Wildman–Crippen LogP) is -0.0558. The lowest BCUT2D eigenvalue weighted by molar-refractivity contribution is -0.117. The Morgan fingerprint density at radius 2 is 2.20 bits per heavy atom. The number of hydrogen-bond donors (Lipinski definition) is 2. The molecule has 0 atom stereocenters. The number of likely N-dealkylation sites (N-methyl/N-ethyl adjacent to an activating group) is 1. The van der Waals surface area contributed by atoms with Gasteiger partial charge in [-0.25, -0.2) is 0 Å². The maximum atomic E-state index is 11.4. The number of carbonyl (C=O) groups excluding carboxylic acids is 1. The predicted molar refractivity (Wildman–Crippen MR) is 57.4 cm³/mol. The first-order valence-electron chi connectivity index (χ1n) is 4.71. The Labute approximate surface area is 88.7 Å². The molecular weight excluding hydrogens is 194 g/mol. The smallest absolute Gasteiger partial charge is 0.238 e. The molecule has 1 rings (SSSR count). The van der Waals surface area contributed by atoms with E-state index in [1.54, 1.807) is 36.5 Å². The average molecular weight is 209 g/mol. The molecule has 1 aromatic heterocycles. The van der Waals surface area contributed by atoms with E-state index in [-0.39, 0.29) is 19.1 Å². The summed E-state index contributed by atoms with van der Waals surface area (Å²) in [6.45, 7) is 0.811. The van der Waals surface area contributed by atoms with Gasteiger partial charge in [0.25, 0.3) is 0 Å². The van der Waals surface area contributed by atoms with E-state index in [1.807, 2.05) is 0 Å². The van der Waals surface area contributed by atoms with Crippen molar-refractivity contribution in [1.82, 2.24) is 9.88 Å². The highest BCUT2D eigenvalue weighted by molar-refractivity contribution is 5.92. The summed E-state index contributed by atoms with van der Waals surface area (Å²) in [7, 11) is 1.78. The minimum absolute atomic E-state index is 0.0546. The molecule has 2 N–H and O–H groups in total.